The number of fused-ring (bicyclic) bond motifs is 2. The number of ether oxygens (including phenoxy) is 2. The number of nitrogens with zero attached hydrogens (tertiary/aromatic N) is 2. The van der Waals surface area contributed by atoms with Gasteiger partial charge in [-0.1, -0.05) is 13.0 Å². The van der Waals surface area contributed by atoms with E-state index < -0.39 is 0 Å². The van der Waals surface area contributed by atoms with Crippen LogP contribution in [0.25, 0.3) is 0 Å². The van der Waals surface area contributed by atoms with Gasteiger partial charge in [-0.25, -0.2) is 4.79 Å². The summed E-state index contributed by atoms with van der Waals surface area (Å²) >= 11 is 0. The second-order valence-electron chi connectivity index (χ2n) is 9.65. The maximum absolute atomic E-state index is 13.3. The van der Waals surface area contributed by atoms with Gasteiger partial charge in [-0.2, -0.15) is 0 Å². The summed E-state index contributed by atoms with van der Waals surface area (Å²) in [5.74, 6) is 1.70. The maximum Gasteiger partial charge on any atom is 0.325 e. The van der Waals surface area contributed by atoms with Crippen molar-refractivity contribution >= 4 is 12.3 Å². The Morgan fingerprint density at radius 3 is 2.44 bits per heavy atom. The molecule has 2 aliphatic heterocycles. The topological polar surface area (TPSA) is 86.9 Å². The first-order chi connectivity index (χ1) is 17.1. The number of hydrogen-bond donors (Lipinski definition) is 2. The molecule has 1 aromatic heterocycles. The Balaban J connectivity index is 0.000000338. The fourth-order valence-electron chi connectivity index (χ4n) is 5.38. The van der Waals surface area contributed by atoms with Gasteiger partial charge in [0, 0.05) is 35.5 Å². The number of aryl methyl sites for hydroxylation is 2. The lowest BCUT2D eigenvalue weighted by atomic mass is 9.89. The number of carbonyl (C=O) groups is 2. The van der Waals surface area contributed by atoms with E-state index in [9.17, 15) is 9.59 Å². The molecular formula is C28H40N4O4. The number of likely N-dealkylation sites (N-methyl/N-ethyl adjacent to an activating group) is 1. The Morgan fingerprint density at radius 2 is 1.94 bits per heavy atom. The predicted octanol–water partition coefficient (Wildman–Crippen LogP) is 4.77. The third-order valence-corrected chi connectivity index (χ3v) is 7.23. The van der Waals surface area contributed by atoms with Crippen molar-refractivity contribution < 1.29 is 19.1 Å². The normalized spacial score (nSPS) is 20.6. The molecule has 36 heavy (non-hydrogen) atoms. The minimum atomic E-state index is -0.317. The SMILES string of the molecule is CCN1C(=O)N2Cc3cc(OC)cc(OC)c3[C@@H](C)C=C2C1(C)CCNC.Cc1cc(C)c(C=O)[nH]1. The van der Waals surface area contributed by atoms with Crippen LogP contribution in [0.5, 0.6) is 11.5 Å². The monoisotopic (exact) mass is 496 g/mol. The van der Waals surface area contributed by atoms with Gasteiger partial charge < -0.3 is 24.7 Å². The number of benzene rings is 1. The standard InChI is InChI=1S/C21H31N3O3.C7H9NO/c1-7-24-20(25)23-13-15-11-16(26-5)12-17(27-6)19(15)14(2)10-18(23)21(24,3)8-9-22-4;1-5-3-6(2)8-7(5)4-9/h10-12,14,22H,7-9,13H2,1-6H3;3-4,8H,1-2H3/t14-,21?;/m0./s1. The highest BCUT2D eigenvalue weighted by Crippen LogP contribution is 2.46. The Hall–Kier alpha value is -3.26. The number of allylic oxidation sites excluding steroid dienone is 1. The highest BCUT2D eigenvalue weighted by molar-refractivity contribution is 5.83. The number of nitrogens with one attached hydrogen (secondary N) is 2. The van der Waals surface area contributed by atoms with E-state index in [2.05, 4.69) is 30.2 Å². The molecule has 8 heteroatoms. The van der Waals surface area contributed by atoms with Crippen LogP contribution in [-0.4, -0.2) is 67.0 Å². The van der Waals surface area contributed by atoms with Gasteiger partial charge in [-0.05, 0) is 71.0 Å². The molecule has 196 valence electrons. The number of urea groups is 1. The molecule has 0 spiro atoms. The van der Waals surface area contributed by atoms with Crippen molar-refractivity contribution in [2.24, 2.45) is 0 Å². The van der Waals surface area contributed by atoms with E-state index in [0.717, 1.165) is 58.8 Å². The number of rotatable bonds is 7. The summed E-state index contributed by atoms with van der Waals surface area (Å²) in [6.07, 6.45) is 3.95. The largest absolute Gasteiger partial charge is 0.497 e. The van der Waals surface area contributed by atoms with E-state index in [0.29, 0.717) is 18.8 Å². The minimum Gasteiger partial charge on any atom is -0.497 e. The molecule has 2 amide bonds. The first kappa shape index (κ1) is 27.3. The molecule has 8 nitrogen and oxygen atoms in total. The number of carbonyl (C=O) groups excluding carboxylic acids is 2. The van der Waals surface area contributed by atoms with Crippen LogP contribution in [0.4, 0.5) is 4.79 Å². The first-order valence-electron chi connectivity index (χ1n) is 12.5. The maximum atomic E-state index is 13.3. The summed E-state index contributed by atoms with van der Waals surface area (Å²) in [7, 11) is 5.28. The van der Waals surface area contributed by atoms with Crippen LogP contribution in [0.3, 0.4) is 0 Å². The van der Waals surface area contributed by atoms with Gasteiger partial charge in [0.1, 0.15) is 11.5 Å². The second kappa shape index (κ2) is 11.2. The van der Waals surface area contributed by atoms with Crippen molar-refractivity contribution in [2.75, 3.05) is 34.4 Å². The van der Waals surface area contributed by atoms with E-state index >= 15 is 0 Å². The van der Waals surface area contributed by atoms with E-state index in [1.807, 2.05) is 55.8 Å². The molecule has 0 aliphatic carbocycles. The van der Waals surface area contributed by atoms with E-state index in [1.165, 1.54) is 0 Å². The molecule has 0 saturated carbocycles. The molecule has 1 aromatic carbocycles. The second-order valence-corrected chi connectivity index (χ2v) is 9.65. The molecule has 2 aliphatic rings. The molecule has 0 radical (unpaired) electrons. The Bertz CT molecular complexity index is 1140. The Labute approximate surface area is 214 Å². The quantitative estimate of drug-likeness (QED) is 0.539. The lowest BCUT2D eigenvalue weighted by Gasteiger charge is -2.34. The van der Waals surface area contributed by atoms with Crippen molar-refractivity contribution in [3.05, 3.63) is 58.1 Å². The predicted molar refractivity (Wildman–Crippen MR) is 142 cm³/mol. The van der Waals surface area contributed by atoms with E-state index in [1.54, 1.807) is 14.2 Å². The third-order valence-electron chi connectivity index (χ3n) is 7.23. The smallest absolute Gasteiger partial charge is 0.325 e. The van der Waals surface area contributed by atoms with Crippen LogP contribution < -0.4 is 14.8 Å². The van der Waals surface area contributed by atoms with Gasteiger partial charge >= 0.3 is 6.03 Å². The van der Waals surface area contributed by atoms with Crippen molar-refractivity contribution in [1.29, 1.82) is 0 Å². The Kier molecular flexibility index (Phi) is 8.51. The van der Waals surface area contributed by atoms with Crippen LogP contribution in [0.15, 0.2) is 30.0 Å². The summed E-state index contributed by atoms with van der Waals surface area (Å²) in [4.78, 5) is 30.3. The molecular weight excluding hydrogens is 456 g/mol. The number of aromatic nitrogens is 1. The zero-order valence-corrected chi connectivity index (χ0v) is 22.8. The van der Waals surface area contributed by atoms with Crippen molar-refractivity contribution in [3.8, 4) is 11.5 Å². The molecule has 1 fully saturated rings. The highest BCUT2D eigenvalue weighted by Gasteiger charge is 2.50. The Morgan fingerprint density at radius 1 is 1.22 bits per heavy atom. The van der Waals surface area contributed by atoms with Crippen LogP contribution in [0.1, 0.15) is 66.0 Å². The molecule has 2 aromatic rings. The third kappa shape index (κ3) is 5.00. The lowest BCUT2D eigenvalue weighted by Crippen LogP contribution is -2.45. The lowest BCUT2D eigenvalue weighted by molar-refractivity contribution is 0.111. The number of amides is 2. The van der Waals surface area contributed by atoms with E-state index in [4.69, 9.17) is 9.47 Å². The summed E-state index contributed by atoms with van der Waals surface area (Å²) in [6, 6.07) is 5.97. The van der Waals surface area contributed by atoms with Gasteiger partial charge in [0.25, 0.3) is 0 Å². The molecule has 2 N–H and O–H groups in total. The van der Waals surface area contributed by atoms with Gasteiger partial charge in [0.15, 0.2) is 6.29 Å². The number of hydrogen-bond acceptors (Lipinski definition) is 5. The molecule has 0 bridgehead atoms. The minimum absolute atomic E-state index is 0.0733. The van der Waals surface area contributed by atoms with E-state index in [-0.39, 0.29) is 17.5 Å². The number of methoxy groups -OCH3 is 2. The molecule has 4 rings (SSSR count). The summed E-state index contributed by atoms with van der Waals surface area (Å²) in [5.41, 5.74) is 5.72. The van der Waals surface area contributed by atoms with Gasteiger partial charge in [-0.3, -0.25) is 9.69 Å². The van der Waals surface area contributed by atoms with Crippen molar-refractivity contribution in [1.82, 2.24) is 20.1 Å². The van der Waals surface area contributed by atoms with Gasteiger partial charge in [0.2, 0.25) is 0 Å². The van der Waals surface area contributed by atoms with Crippen LogP contribution in [-0.2, 0) is 6.54 Å². The number of H-pyrrole nitrogens is 1. The summed E-state index contributed by atoms with van der Waals surface area (Å²) in [6.45, 7) is 12.3. The molecule has 3 heterocycles. The summed E-state index contributed by atoms with van der Waals surface area (Å²) in [5, 5.41) is 3.23. The number of aldehydes is 1. The molecule has 1 unspecified atom stereocenters. The van der Waals surface area contributed by atoms with Crippen molar-refractivity contribution in [3.63, 3.8) is 0 Å². The van der Waals surface area contributed by atoms with Crippen LogP contribution in [0, 0.1) is 13.8 Å². The van der Waals surface area contributed by atoms with Gasteiger partial charge in [0.05, 0.1) is 32.0 Å². The van der Waals surface area contributed by atoms with Crippen LogP contribution >= 0.6 is 0 Å². The molecule has 1 saturated heterocycles. The zero-order valence-electron chi connectivity index (χ0n) is 22.8. The van der Waals surface area contributed by atoms with Crippen LogP contribution in [0.2, 0.25) is 0 Å². The molecule has 2 atom stereocenters. The fourth-order valence-corrected chi connectivity index (χ4v) is 5.38. The summed E-state index contributed by atoms with van der Waals surface area (Å²) < 4.78 is 11.1. The van der Waals surface area contributed by atoms with Crippen molar-refractivity contribution in [2.45, 2.75) is 59.0 Å². The fraction of sp³-hybridized carbons (Fsp3) is 0.500. The first-order valence-corrected chi connectivity index (χ1v) is 12.5. The number of aromatic amines is 1. The highest BCUT2D eigenvalue weighted by atomic mass is 16.5. The zero-order chi connectivity index (χ0) is 26.6. The van der Waals surface area contributed by atoms with Gasteiger partial charge in [-0.15, -0.1) is 0 Å². The average Bonchev–Trinajstić information content (AvgIpc) is 3.22. The average molecular weight is 497 g/mol.